The van der Waals surface area contributed by atoms with Crippen LogP contribution in [0, 0.1) is 20.8 Å². The lowest BCUT2D eigenvalue weighted by atomic mass is 10.2. The molecule has 0 radical (unpaired) electrons. The van der Waals surface area contributed by atoms with Crippen LogP contribution in [0.2, 0.25) is 0 Å². The van der Waals surface area contributed by atoms with E-state index < -0.39 is 10.0 Å². The van der Waals surface area contributed by atoms with Crippen molar-refractivity contribution in [3.63, 3.8) is 0 Å². The smallest absolute Gasteiger partial charge is 0.243 e. The predicted octanol–water partition coefficient (Wildman–Crippen LogP) is 2.06. The Kier molecular flexibility index (Phi) is 6.17. The maximum atomic E-state index is 13.2. The van der Waals surface area contributed by atoms with E-state index in [1.54, 1.807) is 29.8 Å². The van der Waals surface area contributed by atoms with Gasteiger partial charge in [-0.2, -0.15) is 9.40 Å². The second kappa shape index (κ2) is 8.91. The average Bonchev–Trinajstić information content (AvgIpc) is 3.11. The lowest BCUT2D eigenvalue weighted by Gasteiger charge is -2.35. The van der Waals surface area contributed by atoms with Crippen molar-refractivity contribution in [3.05, 3.63) is 53.6 Å². The number of piperazine rings is 1. The standard InChI is InChI=1S/C22H27N7O3S/c1-15-11-19(25-18(4)30)5-6-20(15)33(31,32)28-9-7-27(8-10-28)21-13-22(24-14-23-21)29-17(3)12-16(2)26-29/h5-6,11-14H,7-10H2,1-4H3,(H,25,30). The summed E-state index contributed by atoms with van der Waals surface area (Å²) in [6, 6.07) is 8.68. The summed E-state index contributed by atoms with van der Waals surface area (Å²) in [5.74, 6) is 1.21. The van der Waals surface area contributed by atoms with Crippen molar-refractivity contribution in [1.82, 2.24) is 24.1 Å². The molecule has 0 saturated carbocycles. The van der Waals surface area contributed by atoms with E-state index in [1.807, 2.05) is 26.0 Å². The Balaban J connectivity index is 1.48. The molecule has 1 aliphatic rings. The Bertz CT molecular complexity index is 1300. The molecule has 1 aliphatic heterocycles. The molecule has 3 heterocycles. The second-order valence-electron chi connectivity index (χ2n) is 8.13. The summed E-state index contributed by atoms with van der Waals surface area (Å²) >= 11 is 0. The molecular weight excluding hydrogens is 442 g/mol. The highest BCUT2D eigenvalue weighted by atomic mass is 32.2. The summed E-state index contributed by atoms with van der Waals surface area (Å²) < 4.78 is 29.8. The third-order valence-corrected chi connectivity index (χ3v) is 7.60. The molecule has 1 aromatic carbocycles. The SMILES string of the molecule is CC(=O)Nc1ccc(S(=O)(=O)N2CCN(c3cc(-n4nc(C)cc4C)ncn3)CC2)c(C)c1. The third kappa shape index (κ3) is 4.74. The zero-order valence-electron chi connectivity index (χ0n) is 19.1. The van der Waals surface area contributed by atoms with E-state index in [9.17, 15) is 13.2 Å². The zero-order valence-corrected chi connectivity index (χ0v) is 19.9. The van der Waals surface area contributed by atoms with Crippen LogP contribution in [-0.4, -0.2) is 64.6 Å². The van der Waals surface area contributed by atoms with E-state index in [0.29, 0.717) is 43.2 Å². The number of nitrogens with zero attached hydrogens (tertiary/aromatic N) is 6. The summed E-state index contributed by atoms with van der Waals surface area (Å²) in [4.78, 5) is 22.3. The first-order chi connectivity index (χ1) is 15.6. The highest BCUT2D eigenvalue weighted by Crippen LogP contribution is 2.25. The minimum absolute atomic E-state index is 0.202. The Morgan fingerprint density at radius 3 is 2.27 bits per heavy atom. The monoisotopic (exact) mass is 469 g/mol. The Morgan fingerprint density at radius 1 is 0.970 bits per heavy atom. The van der Waals surface area contributed by atoms with Crippen LogP contribution < -0.4 is 10.2 Å². The number of aromatic nitrogens is 4. The first-order valence-electron chi connectivity index (χ1n) is 10.6. The van der Waals surface area contributed by atoms with Crippen LogP contribution in [0.4, 0.5) is 11.5 Å². The molecule has 0 aliphatic carbocycles. The van der Waals surface area contributed by atoms with Crippen molar-refractivity contribution < 1.29 is 13.2 Å². The highest BCUT2D eigenvalue weighted by Gasteiger charge is 2.30. The molecule has 0 unspecified atom stereocenters. The number of hydrogen-bond acceptors (Lipinski definition) is 7. The van der Waals surface area contributed by atoms with E-state index in [1.165, 1.54) is 17.6 Å². The molecule has 4 rings (SSSR count). The molecule has 1 fully saturated rings. The number of benzene rings is 1. The van der Waals surface area contributed by atoms with Crippen molar-refractivity contribution >= 4 is 27.4 Å². The van der Waals surface area contributed by atoms with Gasteiger partial charge in [-0.05, 0) is 50.6 Å². The quantitative estimate of drug-likeness (QED) is 0.608. The van der Waals surface area contributed by atoms with Gasteiger partial charge in [0.05, 0.1) is 10.6 Å². The van der Waals surface area contributed by atoms with Crippen LogP contribution in [0.3, 0.4) is 0 Å². The van der Waals surface area contributed by atoms with Crippen LogP contribution in [0.5, 0.6) is 0 Å². The fourth-order valence-electron chi connectivity index (χ4n) is 4.00. The average molecular weight is 470 g/mol. The fraction of sp³-hybridized carbons (Fsp3) is 0.364. The number of aryl methyl sites for hydroxylation is 3. The van der Waals surface area contributed by atoms with E-state index in [4.69, 9.17) is 0 Å². The van der Waals surface area contributed by atoms with Crippen molar-refractivity contribution in [3.8, 4) is 5.82 Å². The number of amides is 1. The van der Waals surface area contributed by atoms with Gasteiger partial charge in [0.1, 0.15) is 12.1 Å². The molecule has 0 atom stereocenters. The topological polar surface area (TPSA) is 113 Å². The van der Waals surface area contributed by atoms with Gasteiger partial charge in [0, 0.05) is 50.6 Å². The lowest BCUT2D eigenvalue weighted by Crippen LogP contribution is -2.49. The predicted molar refractivity (Wildman–Crippen MR) is 125 cm³/mol. The minimum Gasteiger partial charge on any atom is -0.354 e. The maximum absolute atomic E-state index is 13.2. The van der Waals surface area contributed by atoms with Crippen molar-refractivity contribution in [2.24, 2.45) is 0 Å². The van der Waals surface area contributed by atoms with Crippen LogP contribution in [0.25, 0.3) is 5.82 Å². The van der Waals surface area contributed by atoms with Crippen molar-refractivity contribution in [1.29, 1.82) is 0 Å². The number of carbonyl (C=O) groups is 1. The van der Waals surface area contributed by atoms with Gasteiger partial charge >= 0.3 is 0 Å². The van der Waals surface area contributed by atoms with Gasteiger partial charge in [-0.15, -0.1) is 0 Å². The van der Waals surface area contributed by atoms with Gasteiger partial charge in [-0.25, -0.2) is 23.1 Å². The van der Waals surface area contributed by atoms with Crippen molar-refractivity contribution in [2.45, 2.75) is 32.6 Å². The number of hydrogen-bond donors (Lipinski definition) is 1. The molecule has 1 N–H and O–H groups in total. The molecule has 0 bridgehead atoms. The molecule has 2 aromatic heterocycles. The fourth-order valence-corrected chi connectivity index (χ4v) is 5.63. The minimum atomic E-state index is -3.65. The lowest BCUT2D eigenvalue weighted by molar-refractivity contribution is -0.114. The van der Waals surface area contributed by atoms with Gasteiger partial charge in [0.25, 0.3) is 0 Å². The number of nitrogens with one attached hydrogen (secondary N) is 1. The maximum Gasteiger partial charge on any atom is 0.243 e. The van der Waals surface area contributed by atoms with E-state index in [0.717, 1.165) is 17.2 Å². The number of sulfonamides is 1. The van der Waals surface area contributed by atoms with Crippen LogP contribution >= 0.6 is 0 Å². The highest BCUT2D eigenvalue weighted by molar-refractivity contribution is 7.89. The number of anilines is 2. The molecule has 11 heteroatoms. The molecule has 174 valence electrons. The Hall–Kier alpha value is -3.31. The zero-order chi connectivity index (χ0) is 23.8. The molecule has 10 nitrogen and oxygen atoms in total. The molecule has 1 amide bonds. The Morgan fingerprint density at radius 2 is 1.67 bits per heavy atom. The third-order valence-electron chi connectivity index (χ3n) is 5.54. The van der Waals surface area contributed by atoms with E-state index in [-0.39, 0.29) is 10.8 Å². The van der Waals surface area contributed by atoms with Gasteiger partial charge < -0.3 is 10.2 Å². The summed E-state index contributed by atoms with van der Waals surface area (Å²) in [5, 5.41) is 7.15. The number of rotatable bonds is 5. The van der Waals surface area contributed by atoms with Crippen LogP contribution in [0.15, 0.2) is 41.6 Å². The Labute approximate surface area is 193 Å². The van der Waals surface area contributed by atoms with Crippen LogP contribution in [-0.2, 0) is 14.8 Å². The molecule has 1 saturated heterocycles. The second-order valence-corrected chi connectivity index (χ2v) is 10.0. The van der Waals surface area contributed by atoms with Gasteiger partial charge in [-0.1, -0.05) is 0 Å². The molecule has 3 aromatic rings. The first kappa shape index (κ1) is 22.9. The van der Waals surface area contributed by atoms with Gasteiger partial charge in [0.15, 0.2) is 5.82 Å². The molecule has 33 heavy (non-hydrogen) atoms. The van der Waals surface area contributed by atoms with Gasteiger partial charge in [-0.3, -0.25) is 4.79 Å². The van der Waals surface area contributed by atoms with Gasteiger partial charge in [0.2, 0.25) is 15.9 Å². The summed E-state index contributed by atoms with van der Waals surface area (Å²) in [6.45, 7) is 8.75. The first-order valence-corrected chi connectivity index (χ1v) is 12.1. The molecular formula is C22H27N7O3S. The molecule has 0 spiro atoms. The number of carbonyl (C=O) groups excluding carboxylic acids is 1. The normalized spacial score (nSPS) is 15.0. The summed E-state index contributed by atoms with van der Waals surface area (Å²) in [7, 11) is -3.65. The van der Waals surface area contributed by atoms with E-state index >= 15 is 0 Å². The van der Waals surface area contributed by atoms with E-state index in [2.05, 4.69) is 25.3 Å². The summed E-state index contributed by atoms with van der Waals surface area (Å²) in [6.07, 6.45) is 1.50. The largest absolute Gasteiger partial charge is 0.354 e. The van der Waals surface area contributed by atoms with Crippen LogP contribution in [0.1, 0.15) is 23.9 Å². The summed E-state index contributed by atoms with van der Waals surface area (Å²) in [5.41, 5.74) is 3.06. The van der Waals surface area contributed by atoms with Crippen molar-refractivity contribution in [2.75, 3.05) is 36.4 Å².